The van der Waals surface area contributed by atoms with Crippen LogP contribution in [0.2, 0.25) is 0 Å². The van der Waals surface area contributed by atoms with Gasteiger partial charge in [0.15, 0.2) is 0 Å². The fraction of sp³-hybridized carbons (Fsp3) is 0.480. The lowest BCUT2D eigenvalue weighted by molar-refractivity contribution is -0.385. The average molecular weight is 483 g/mol. The van der Waals surface area contributed by atoms with Gasteiger partial charge in [-0.2, -0.15) is 0 Å². The van der Waals surface area contributed by atoms with Crippen molar-refractivity contribution in [1.29, 1.82) is 0 Å². The molecule has 5 nitrogen and oxygen atoms in total. The molecule has 4 bridgehead atoms. The van der Waals surface area contributed by atoms with Crippen LogP contribution in [0.3, 0.4) is 0 Å². The molecule has 162 valence electrons. The Bertz CT molecular complexity index is 1050. The van der Waals surface area contributed by atoms with Gasteiger partial charge in [-0.05, 0) is 89.6 Å². The second kappa shape index (κ2) is 7.44. The number of aliphatic imine (C=N–C) groups is 1. The zero-order valence-corrected chi connectivity index (χ0v) is 19.3. The molecule has 4 aliphatic carbocycles. The zero-order chi connectivity index (χ0) is 21.8. The molecule has 4 fully saturated rings. The molecule has 1 N–H and O–H groups in total. The van der Waals surface area contributed by atoms with E-state index < -0.39 is 4.92 Å². The van der Waals surface area contributed by atoms with Gasteiger partial charge in [0.25, 0.3) is 5.69 Å². The van der Waals surface area contributed by atoms with Crippen LogP contribution in [-0.4, -0.2) is 22.8 Å². The van der Waals surface area contributed by atoms with Crippen molar-refractivity contribution < 1.29 is 10.0 Å². The van der Waals surface area contributed by atoms with Crippen molar-refractivity contribution >= 4 is 27.8 Å². The minimum Gasteiger partial charge on any atom is -0.506 e. The standard InChI is InChI=1S/C25H27BrN2O3/c1-16-2-4-20(5-3-16)25-11-17-6-18(12-25)10-24(9-17,14-25)15-27-13-19-7-21(28(30)31)8-22(26)23(19)29/h2-5,7-8,13,17-18,29H,6,9-12,14-15H2,1H3. The van der Waals surface area contributed by atoms with Gasteiger partial charge in [0.1, 0.15) is 5.75 Å². The third-order valence-electron chi connectivity index (χ3n) is 7.79. The molecule has 0 amide bonds. The van der Waals surface area contributed by atoms with Crippen LogP contribution >= 0.6 is 15.9 Å². The number of nitrogens with zero attached hydrogens (tertiary/aromatic N) is 2. The molecule has 2 aromatic carbocycles. The lowest BCUT2D eigenvalue weighted by Crippen LogP contribution is -2.55. The number of rotatable bonds is 5. The number of phenolic OH excluding ortho intramolecular Hbond substituents is 1. The highest BCUT2D eigenvalue weighted by atomic mass is 79.9. The predicted molar refractivity (Wildman–Crippen MR) is 125 cm³/mol. The van der Waals surface area contributed by atoms with E-state index in [0.29, 0.717) is 16.6 Å². The molecule has 0 heterocycles. The smallest absolute Gasteiger partial charge is 0.271 e. The summed E-state index contributed by atoms with van der Waals surface area (Å²) >= 11 is 3.21. The van der Waals surface area contributed by atoms with E-state index in [1.807, 2.05) is 0 Å². The number of hydrogen-bond donors (Lipinski definition) is 1. The molecule has 2 unspecified atom stereocenters. The summed E-state index contributed by atoms with van der Waals surface area (Å²) < 4.78 is 0.316. The van der Waals surface area contributed by atoms with Crippen LogP contribution in [0.5, 0.6) is 5.75 Å². The van der Waals surface area contributed by atoms with Crippen LogP contribution in [0.1, 0.15) is 55.2 Å². The second-order valence-electron chi connectivity index (χ2n) is 10.2. The molecule has 0 saturated heterocycles. The van der Waals surface area contributed by atoms with Crippen molar-refractivity contribution in [2.45, 2.75) is 50.9 Å². The molecule has 31 heavy (non-hydrogen) atoms. The molecule has 0 aliphatic heterocycles. The highest BCUT2D eigenvalue weighted by molar-refractivity contribution is 9.10. The van der Waals surface area contributed by atoms with Crippen molar-refractivity contribution in [3.8, 4) is 5.75 Å². The number of aryl methyl sites for hydroxylation is 1. The lowest BCUT2D eigenvalue weighted by Gasteiger charge is -2.62. The molecule has 0 spiro atoms. The molecule has 2 atom stereocenters. The molecular weight excluding hydrogens is 456 g/mol. The summed E-state index contributed by atoms with van der Waals surface area (Å²) in [6.45, 7) is 2.86. The number of hydrogen-bond acceptors (Lipinski definition) is 4. The summed E-state index contributed by atoms with van der Waals surface area (Å²) in [4.78, 5) is 15.5. The number of non-ortho nitro benzene ring substituents is 1. The fourth-order valence-corrected chi connectivity index (χ4v) is 7.49. The maximum atomic E-state index is 11.2. The zero-order valence-electron chi connectivity index (χ0n) is 17.7. The molecule has 2 aromatic rings. The largest absolute Gasteiger partial charge is 0.506 e. The van der Waals surface area contributed by atoms with Gasteiger partial charge in [-0.3, -0.25) is 15.1 Å². The van der Waals surface area contributed by atoms with Crippen molar-refractivity contribution in [2.75, 3.05) is 6.54 Å². The van der Waals surface area contributed by atoms with Gasteiger partial charge in [0, 0.05) is 30.5 Å². The van der Waals surface area contributed by atoms with E-state index in [9.17, 15) is 15.2 Å². The van der Waals surface area contributed by atoms with Crippen LogP contribution in [0.15, 0.2) is 45.9 Å². The van der Waals surface area contributed by atoms with E-state index in [2.05, 4.69) is 47.1 Å². The summed E-state index contributed by atoms with van der Waals surface area (Å²) in [6, 6.07) is 11.8. The van der Waals surface area contributed by atoms with Gasteiger partial charge >= 0.3 is 0 Å². The van der Waals surface area contributed by atoms with Crippen LogP contribution < -0.4 is 0 Å². The van der Waals surface area contributed by atoms with E-state index >= 15 is 0 Å². The summed E-state index contributed by atoms with van der Waals surface area (Å²) in [6.07, 6.45) is 9.14. The fourth-order valence-electron chi connectivity index (χ4n) is 7.03. The third kappa shape index (κ3) is 3.69. The topological polar surface area (TPSA) is 75.7 Å². The minimum atomic E-state index is -0.452. The van der Waals surface area contributed by atoms with Crippen molar-refractivity contribution in [1.82, 2.24) is 0 Å². The first-order valence-electron chi connectivity index (χ1n) is 11.0. The quantitative estimate of drug-likeness (QED) is 0.307. The first-order chi connectivity index (χ1) is 14.8. The average Bonchev–Trinajstić information content (AvgIpc) is 2.70. The SMILES string of the molecule is Cc1ccc(C23CC4CC(CC(CN=Cc5cc([N+](=O)[O-])cc(Br)c5O)(C4)C2)C3)cc1. The number of nitro groups is 1. The molecule has 0 aromatic heterocycles. The van der Waals surface area contributed by atoms with Crippen LogP contribution in [-0.2, 0) is 5.41 Å². The Morgan fingerprint density at radius 3 is 2.52 bits per heavy atom. The van der Waals surface area contributed by atoms with E-state index in [1.165, 1.54) is 55.4 Å². The van der Waals surface area contributed by atoms with Gasteiger partial charge in [-0.15, -0.1) is 0 Å². The van der Waals surface area contributed by atoms with Crippen molar-refractivity contribution in [2.24, 2.45) is 22.2 Å². The van der Waals surface area contributed by atoms with Gasteiger partial charge in [-0.25, -0.2) is 0 Å². The van der Waals surface area contributed by atoms with Gasteiger partial charge in [-0.1, -0.05) is 29.8 Å². The predicted octanol–water partition coefficient (Wildman–Crippen LogP) is 6.33. The summed E-state index contributed by atoms with van der Waals surface area (Å²) in [5.41, 5.74) is 3.58. The minimum absolute atomic E-state index is 0.00372. The third-order valence-corrected chi connectivity index (χ3v) is 8.40. The normalized spacial score (nSPS) is 31.4. The Labute approximate surface area is 190 Å². The summed E-state index contributed by atoms with van der Waals surface area (Å²) in [5, 5.41) is 21.5. The van der Waals surface area contributed by atoms with Gasteiger partial charge in [0.05, 0.1) is 9.40 Å². The van der Waals surface area contributed by atoms with E-state index in [0.717, 1.165) is 18.3 Å². The first kappa shape index (κ1) is 20.7. The number of phenols is 1. The second-order valence-corrected chi connectivity index (χ2v) is 11.1. The first-order valence-corrected chi connectivity index (χ1v) is 11.8. The molecule has 6 heteroatoms. The monoisotopic (exact) mass is 482 g/mol. The number of aromatic hydroxyl groups is 1. The van der Waals surface area contributed by atoms with Crippen molar-refractivity contribution in [3.63, 3.8) is 0 Å². The van der Waals surface area contributed by atoms with E-state index in [-0.39, 0.29) is 22.3 Å². The number of benzene rings is 2. The number of nitro benzene ring substituents is 1. The molecule has 4 saturated carbocycles. The summed E-state index contributed by atoms with van der Waals surface area (Å²) in [5.74, 6) is 1.52. The Hall–Kier alpha value is -2.21. The maximum absolute atomic E-state index is 11.2. The Morgan fingerprint density at radius 1 is 1.19 bits per heavy atom. The van der Waals surface area contributed by atoms with E-state index in [4.69, 9.17) is 4.99 Å². The molecule has 6 rings (SSSR count). The van der Waals surface area contributed by atoms with Gasteiger partial charge in [0.2, 0.25) is 0 Å². The van der Waals surface area contributed by atoms with E-state index in [1.54, 1.807) is 6.21 Å². The van der Waals surface area contributed by atoms with Crippen LogP contribution in [0, 0.1) is 34.3 Å². The van der Waals surface area contributed by atoms with Gasteiger partial charge < -0.3 is 5.11 Å². The highest BCUT2D eigenvalue weighted by Gasteiger charge is 2.57. The van der Waals surface area contributed by atoms with Crippen molar-refractivity contribution in [3.05, 3.63) is 67.7 Å². The summed E-state index contributed by atoms with van der Waals surface area (Å²) in [7, 11) is 0. The lowest BCUT2D eigenvalue weighted by atomic mass is 9.43. The van der Waals surface area contributed by atoms with Crippen LogP contribution in [0.25, 0.3) is 0 Å². The Balaban J connectivity index is 1.41. The Kier molecular flexibility index (Phi) is 4.96. The Morgan fingerprint density at radius 2 is 1.87 bits per heavy atom. The molecule has 0 radical (unpaired) electrons. The van der Waals surface area contributed by atoms with Crippen LogP contribution in [0.4, 0.5) is 5.69 Å². The molecule has 4 aliphatic rings. The number of halogens is 1. The maximum Gasteiger partial charge on any atom is 0.271 e. The molecular formula is C25H27BrN2O3. The highest BCUT2D eigenvalue weighted by Crippen LogP contribution is 2.65.